The van der Waals surface area contributed by atoms with E-state index in [0.29, 0.717) is 19.6 Å². The van der Waals surface area contributed by atoms with Crippen LogP contribution in [0.4, 0.5) is 0 Å². The Kier molecular flexibility index (Phi) is 5.92. The highest BCUT2D eigenvalue weighted by Gasteiger charge is 2.41. The second-order valence-electron chi connectivity index (χ2n) is 7.26. The van der Waals surface area contributed by atoms with E-state index in [1.165, 1.54) is 0 Å². The first-order chi connectivity index (χ1) is 14.2. The highest BCUT2D eigenvalue weighted by atomic mass is 16.5. The van der Waals surface area contributed by atoms with Crippen LogP contribution in [0.2, 0.25) is 0 Å². The molecule has 0 bridgehead atoms. The number of hydrogen-bond donors (Lipinski definition) is 0. The van der Waals surface area contributed by atoms with E-state index < -0.39 is 0 Å². The van der Waals surface area contributed by atoms with Gasteiger partial charge in [0.25, 0.3) is 0 Å². The quantitative estimate of drug-likeness (QED) is 0.587. The standard InChI is InChI=1S/C25H25NO3/c1-28-22-14-12-21(13-15-22)25-23(29-18-20-10-6-3-7-11-20)16-24(27)26(25)17-19-8-4-2-5-9-19/h2-15,23,25H,16-18H2,1H3/t23-,25+/m0/s1. The lowest BCUT2D eigenvalue weighted by atomic mass is 10.0. The van der Waals surface area contributed by atoms with Crippen LogP contribution < -0.4 is 4.74 Å². The molecule has 0 saturated carbocycles. The Morgan fingerprint density at radius 3 is 2.10 bits per heavy atom. The van der Waals surface area contributed by atoms with Crippen molar-refractivity contribution in [1.82, 2.24) is 4.90 Å². The summed E-state index contributed by atoms with van der Waals surface area (Å²) in [5.41, 5.74) is 3.28. The maximum atomic E-state index is 12.9. The molecule has 4 rings (SSSR count). The van der Waals surface area contributed by atoms with Crippen LogP contribution in [0, 0.1) is 0 Å². The molecule has 0 radical (unpaired) electrons. The van der Waals surface area contributed by atoms with Crippen molar-refractivity contribution in [2.75, 3.05) is 7.11 Å². The normalized spacial score (nSPS) is 18.8. The molecule has 4 nitrogen and oxygen atoms in total. The summed E-state index contributed by atoms with van der Waals surface area (Å²) in [5.74, 6) is 0.919. The average molecular weight is 387 g/mol. The second-order valence-corrected chi connectivity index (χ2v) is 7.26. The number of carbonyl (C=O) groups excluding carboxylic acids is 1. The molecule has 4 heteroatoms. The Morgan fingerprint density at radius 1 is 0.862 bits per heavy atom. The van der Waals surface area contributed by atoms with Gasteiger partial charge in [0.1, 0.15) is 5.75 Å². The number of carbonyl (C=O) groups is 1. The Morgan fingerprint density at radius 2 is 1.48 bits per heavy atom. The van der Waals surface area contributed by atoms with E-state index in [0.717, 1.165) is 22.4 Å². The summed E-state index contributed by atoms with van der Waals surface area (Å²) in [5, 5.41) is 0. The molecule has 3 aromatic rings. The van der Waals surface area contributed by atoms with E-state index in [9.17, 15) is 4.79 Å². The molecule has 1 fully saturated rings. The average Bonchev–Trinajstić information content (AvgIpc) is 3.09. The molecule has 148 valence electrons. The van der Waals surface area contributed by atoms with Crippen LogP contribution in [-0.4, -0.2) is 24.0 Å². The minimum Gasteiger partial charge on any atom is -0.497 e. The molecule has 1 aliphatic rings. The molecule has 3 aromatic carbocycles. The highest BCUT2D eigenvalue weighted by Crippen LogP contribution is 2.37. The molecule has 29 heavy (non-hydrogen) atoms. The minimum absolute atomic E-state index is 0.118. The van der Waals surface area contributed by atoms with E-state index in [-0.39, 0.29) is 18.1 Å². The van der Waals surface area contributed by atoms with Gasteiger partial charge in [-0.2, -0.15) is 0 Å². The van der Waals surface area contributed by atoms with Crippen molar-refractivity contribution in [3.8, 4) is 5.75 Å². The van der Waals surface area contributed by atoms with E-state index in [4.69, 9.17) is 9.47 Å². The molecule has 0 unspecified atom stereocenters. The minimum atomic E-state index is -0.195. The lowest BCUT2D eigenvalue weighted by Gasteiger charge is -2.29. The van der Waals surface area contributed by atoms with E-state index in [1.54, 1.807) is 7.11 Å². The van der Waals surface area contributed by atoms with Crippen LogP contribution in [0.1, 0.15) is 29.2 Å². The summed E-state index contributed by atoms with van der Waals surface area (Å²) in [7, 11) is 1.65. The van der Waals surface area contributed by atoms with E-state index in [1.807, 2.05) is 77.7 Å². The Labute approximate surface area is 171 Å². The highest BCUT2D eigenvalue weighted by molar-refractivity contribution is 5.80. The predicted molar refractivity (Wildman–Crippen MR) is 112 cm³/mol. The SMILES string of the molecule is COc1ccc([C@@H]2[C@@H](OCc3ccccc3)CC(=O)N2Cc2ccccc2)cc1. The van der Waals surface area contributed by atoms with Gasteiger partial charge in [0, 0.05) is 6.54 Å². The fourth-order valence-electron chi connectivity index (χ4n) is 3.85. The number of ether oxygens (including phenoxy) is 2. The van der Waals surface area contributed by atoms with Crippen molar-refractivity contribution in [2.24, 2.45) is 0 Å². The monoisotopic (exact) mass is 387 g/mol. The molecule has 0 N–H and O–H groups in total. The summed E-state index contributed by atoms with van der Waals surface area (Å²) in [6.45, 7) is 1.06. The second kappa shape index (κ2) is 8.93. The van der Waals surface area contributed by atoms with Gasteiger partial charge in [-0.15, -0.1) is 0 Å². The molecule has 1 amide bonds. The number of benzene rings is 3. The van der Waals surface area contributed by atoms with Crippen molar-refractivity contribution in [2.45, 2.75) is 31.7 Å². The molecule has 1 heterocycles. The van der Waals surface area contributed by atoms with Crippen LogP contribution in [0.25, 0.3) is 0 Å². The first-order valence-corrected chi connectivity index (χ1v) is 9.87. The number of likely N-dealkylation sites (tertiary alicyclic amines) is 1. The molecule has 1 aliphatic heterocycles. The number of nitrogens with zero attached hydrogens (tertiary/aromatic N) is 1. The number of rotatable bonds is 7. The van der Waals surface area contributed by atoms with Gasteiger partial charge in [0.2, 0.25) is 5.91 Å². The van der Waals surface area contributed by atoms with Crippen molar-refractivity contribution >= 4 is 5.91 Å². The molecule has 0 aromatic heterocycles. The van der Waals surface area contributed by atoms with Gasteiger partial charge < -0.3 is 14.4 Å². The van der Waals surface area contributed by atoms with Crippen molar-refractivity contribution in [3.63, 3.8) is 0 Å². The van der Waals surface area contributed by atoms with Crippen molar-refractivity contribution in [3.05, 3.63) is 102 Å². The smallest absolute Gasteiger partial charge is 0.226 e. The van der Waals surface area contributed by atoms with Gasteiger partial charge >= 0.3 is 0 Å². The molecular formula is C25H25NO3. The Hall–Kier alpha value is -3.11. The Bertz CT molecular complexity index is 925. The van der Waals surface area contributed by atoms with E-state index in [2.05, 4.69) is 12.1 Å². The number of methoxy groups -OCH3 is 1. The third-order valence-corrected chi connectivity index (χ3v) is 5.34. The van der Waals surface area contributed by atoms with Gasteiger partial charge in [-0.3, -0.25) is 4.79 Å². The van der Waals surface area contributed by atoms with Crippen LogP contribution in [0.3, 0.4) is 0 Å². The van der Waals surface area contributed by atoms with Crippen LogP contribution in [-0.2, 0) is 22.7 Å². The first-order valence-electron chi connectivity index (χ1n) is 9.87. The van der Waals surface area contributed by atoms with Gasteiger partial charge in [0.05, 0.1) is 32.3 Å². The predicted octanol–water partition coefficient (Wildman–Crippen LogP) is 4.75. The first kappa shape index (κ1) is 19.2. The topological polar surface area (TPSA) is 38.8 Å². The van der Waals surface area contributed by atoms with Gasteiger partial charge in [-0.25, -0.2) is 0 Å². The number of amides is 1. The summed E-state index contributed by atoms with van der Waals surface area (Å²) < 4.78 is 11.6. The van der Waals surface area contributed by atoms with Gasteiger partial charge in [0.15, 0.2) is 0 Å². The van der Waals surface area contributed by atoms with E-state index >= 15 is 0 Å². The number of hydrogen-bond acceptors (Lipinski definition) is 3. The third kappa shape index (κ3) is 4.49. The van der Waals surface area contributed by atoms with Crippen LogP contribution >= 0.6 is 0 Å². The summed E-state index contributed by atoms with van der Waals surface area (Å²) in [6, 6.07) is 28.0. The van der Waals surface area contributed by atoms with Gasteiger partial charge in [-0.1, -0.05) is 72.8 Å². The Balaban J connectivity index is 1.59. The molecule has 0 spiro atoms. The molecular weight excluding hydrogens is 362 g/mol. The molecule has 1 saturated heterocycles. The zero-order valence-electron chi connectivity index (χ0n) is 16.5. The maximum Gasteiger partial charge on any atom is 0.226 e. The lowest BCUT2D eigenvalue weighted by molar-refractivity contribution is -0.129. The third-order valence-electron chi connectivity index (χ3n) is 5.34. The fourth-order valence-corrected chi connectivity index (χ4v) is 3.85. The largest absolute Gasteiger partial charge is 0.497 e. The zero-order chi connectivity index (χ0) is 20.1. The fraction of sp³-hybridized carbons (Fsp3) is 0.240. The zero-order valence-corrected chi connectivity index (χ0v) is 16.5. The lowest BCUT2D eigenvalue weighted by Crippen LogP contribution is -2.30. The summed E-state index contributed by atoms with van der Waals surface area (Å²) in [4.78, 5) is 14.9. The molecule has 2 atom stereocenters. The molecule has 0 aliphatic carbocycles. The van der Waals surface area contributed by atoms with Crippen LogP contribution in [0.15, 0.2) is 84.9 Å². The van der Waals surface area contributed by atoms with Crippen molar-refractivity contribution in [1.29, 1.82) is 0 Å². The summed E-state index contributed by atoms with van der Waals surface area (Å²) >= 11 is 0. The van der Waals surface area contributed by atoms with Crippen molar-refractivity contribution < 1.29 is 14.3 Å². The van der Waals surface area contributed by atoms with Gasteiger partial charge in [-0.05, 0) is 28.8 Å². The maximum absolute atomic E-state index is 12.9. The summed E-state index contributed by atoms with van der Waals surface area (Å²) in [6.07, 6.45) is 0.191. The van der Waals surface area contributed by atoms with Crippen LogP contribution in [0.5, 0.6) is 5.75 Å².